The molecule has 3 aliphatic heterocycles. The zero-order valence-electron chi connectivity index (χ0n) is 15.1. The van der Waals surface area contributed by atoms with Crippen LogP contribution in [0.25, 0.3) is 0 Å². The van der Waals surface area contributed by atoms with Gasteiger partial charge in [0.1, 0.15) is 0 Å². The lowest BCUT2D eigenvalue weighted by Gasteiger charge is -2.60. The molecule has 6 unspecified atom stereocenters. The van der Waals surface area contributed by atoms with E-state index in [1.54, 1.807) is 0 Å². The van der Waals surface area contributed by atoms with Crippen LogP contribution in [-0.2, 0) is 9.47 Å². The molecule has 6 atom stereocenters. The van der Waals surface area contributed by atoms with E-state index in [4.69, 9.17) is 14.5 Å². The van der Waals surface area contributed by atoms with E-state index in [9.17, 15) is 0 Å². The van der Waals surface area contributed by atoms with Gasteiger partial charge in [-0.1, -0.05) is 13.8 Å². The van der Waals surface area contributed by atoms with Crippen LogP contribution in [0, 0.1) is 11.3 Å². The van der Waals surface area contributed by atoms with Gasteiger partial charge in [-0.15, -0.1) is 24.0 Å². The summed E-state index contributed by atoms with van der Waals surface area (Å²) in [6, 6.07) is 0.873. The zero-order valence-corrected chi connectivity index (χ0v) is 17.4. The summed E-state index contributed by atoms with van der Waals surface area (Å²) < 4.78 is 12.0. The van der Waals surface area contributed by atoms with Crippen LogP contribution < -0.4 is 10.6 Å². The molecule has 1 aliphatic carbocycles. The summed E-state index contributed by atoms with van der Waals surface area (Å²) in [6.07, 6.45) is 7.25. The highest BCUT2D eigenvalue weighted by molar-refractivity contribution is 14.0. The fourth-order valence-corrected chi connectivity index (χ4v) is 5.22. The molecular weight excluding hydrogens is 417 g/mol. The Morgan fingerprint density at radius 2 is 2.04 bits per heavy atom. The summed E-state index contributed by atoms with van der Waals surface area (Å²) >= 11 is 0. The van der Waals surface area contributed by atoms with Gasteiger partial charge in [-0.05, 0) is 39.0 Å². The fraction of sp³-hybridized carbons (Fsp3) is 0.944. The second-order valence-corrected chi connectivity index (χ2v) is 8.22. The van der Waals surface area contributed by atoms with Gasteiger partial charge in [-0.2, -0.15) is 0 Å². The Labute approximate surface area is 162 Å². The minimum Gasteiger partial charge on any atom is -0.377 e. The van der Waals surface area contributed by atoms with Gasteiger partial charge < -0.3 is 20.1 Å². The maximum Gasteiger partial charge on any atom is 0.191 e. The van der Waals surface area contributed by atoms with Crippen molar-refractivity contribution in [3.05, 3.63) is 0 Å². The van der Waals surface area contributed by atoms with Crippen molar-refractivity contribution in [1.29, 1.82) is 0 Å². The third kappa shape index (κ3) is 3.18. The molecule has 4 fully saturated rings. The van der Waals surface area contributed by atoms with Crippen molar-refractivity contribution in [2.75, 3.05) is 13.2 Å². The molecule has 0 radical (unpaired) electrons. The van der Waals surface area contributed by atoms with Crippen LogP contribution in [0.5, 0.6) is 0 Å². The average molecular weight is 449 g/mol. The monoisotopic (exact) mass is 449 g/mol. The van der Waals surface area contributed by atoms with E-state index in [0.29, 0.717) is 36.3 Å². The van der Waals surface area contributed by atoms with Gasteiger partial charge in [0.05, 0.1) is 24.4 Å². The van der Waals surface area contributed by atoms with Crippen LogP contribution in [0.3, 0.4) is 0 Å². The highest BCUT2D eigenvalue weighted by Gasteiger charge is 2.58. The average Bonchev–Trinajstić information content (AvgIpc) is 3.15. The van der Waals surface area contributed by atoms with Crippen molar-refractivity contribution in [3.63, 3.8) is 0 Å². The van der Waals surface area contributed by atoms with Gasteiger partial charge in [0.15, 0.2) is 5.96 Å². The molecule has 24 heavy (non-hydrogen) atoms. The normalized spacial score (nSPS) is 42.7. The summed E-state index contributed by atoms with van der Waals surface area (Å²) in [4.78, 5) is 4.69. The smallest absolute Gasteiger partial charge is 0.191 e. The number of nitrogens with zero attached hydrogens (tertiary/aromatic N) is 1. The molecule has 0 aromatic rings. The maximum absolute atomic E-state index is 6.02. The van der Waals surface area contributed by atoms with Gasteiger partial charge >= 0.3 is 0 Å². The first kappa shape index (κ1) is 18.7. The van der Waals surface area contributed by atoms with E-state index in [1.165, 1.54) is 25.7 Å². The number of halogens is 1. The first-order chi connectivity index (χ1) is 11.1. The van der Waals surface area contributed by atoms with Gasteiger partial charge in [0.25, 0.3) is 0 Å². The molecule has 3 heterocycles. The first-order valence-corrected chi connectivity index (χ1v) is 9.44. The number of aliphatic imine (C=N–C) groups is 1. The second kappa shape index (κ2) is 7.27. The number of hydrogen-bond donors (Lipinski definition) is 2. The number of guanidine groups is 1. The van der Waals surface area contributed by atoms with Crippen LogP contribution >= 0.6 is 24.0 Å². The number of hydrogen-bond acceptors (Lipinski definition) is 3. The number of ether oxygens (including phenoxy) is 2. The zero-order chi connectivity index (χ0) is 16.0. The van der Waals surface area contributed by atoms with Crippen LogP contribution in [0.1, 0.15) is 52.9 Å². The lowest BCUT2D eigenvalue weighted by Crippen LogP contribution is -2.71. The fourth-order valence-electron chi connectivity index (χ4n) is 5.22. The Morgan fingerprint density at radius 3 is 2.71 bits per heavy atom. The summed E-state index contributed by atoms with van der Waals surface area (Å²) in [6.45, 7) is 8.46. The molecule has 0 spiro atoms. The molecule has 1 saturated carbocycles. The lowest BCUT2D eigenvalue weighted by molar-refractivity contribution is -0.188. The predicted octanol–water partition coefficient (Wildman–Crippen LogP) is 2.68. The Balaban J connectivity index is 0.00000169. The molecule has 5 nitrogen and oxygen atoms in total. The molecule has 4 aliphatic rings. The van der Waals surface area contributed by atoms with Crippen LogP contribution in [0.15, 0.2) is 4.99 Å². The largest absolute Gasteiger partial charge is 0.377 e. The number of nitrogens with one attached hydrogen (secondary N) is 2. The molecule has 3 saturated heterocycles. The lowest BCUT2D eigenvalue weighted by atomic mass is 9.55. The van der Waals surface area contributed by atoms with E-state index in [-0.39, 0.29) is 29.4 Å². The third-order valence-electron chi connectivity index (χ3n) is 6.37. The van der Waals surface area contributed by atoms with E-state index >= 15 is 0 Å². The topological polar surface area (TPSA) is 54.9 Å². The first-order valence-electron chi connectivity index (χ1n) is 9.44. The molecule has 2 N–H and O–H groups in total. The highest BCUT2D eigenvalue weighted by atomic mass is 127. The van der Waals surface area contributed by atoms with Crippen molar-refractivity contribution >= 4 is 29.9 Å². The molecule has 0 aromatic heterocycles. The molecule has 4 rings (SSSR count). The van der Waals surface area contributed by atoms with E-state index < -0.39 is 0 Å². The Morgan fingerprint density at radius 1 is 1.21 bits per heavy atom. The quantitative estimate of drug-likeness (QED) is 0.395. The molecule has 2 bridgehead atoms. The number of fused-ring (bicyclic) bond motifs is 3. The number of rotatable bonds is 3. The molecule has 0 amide bonds. The highest BCUT2D eigenvalue weighted by Crippen LogP contribution is 2.51. The minimum atomic E-state index is 0. The molecule has 6 heteroatoms. The van der Waals surface area contributed by atoms with Crippen LogP contribution in [0.2, 0.25) is 0 Å². The van der Waals surface area contributed by atoms with Crippen LogP contribution in [0.4, 0.5) is 0 Å². The van der Waals surface area contributed by atoms with Gasteiger partial charge in [0, 0.05) is 30.5 Å². The van der Waals surface area contributed by atoms with Crippen molar-refractivity contribution in [2.24, 2.45) is 16.3 Å². The Bertz CT molecular complexity index is 485. The minimum absolute atomic E-state index is 0. The van der Waals surface area contributed by atoms with Crippen molar-refractivity contribution < 1.29 is 9.47 Å². The summed E-state index contributed by atoms with van der Waals surface area (Å²) in [5.74, 6) is 1.59. The van der Waals surface area contributed by atoms with E-state index in [0.717, 1.165) is 25.5 Å². The Kier molecular flexibility index (Phi) is 5.67. The van der Waals surface area contributed by atoms with E-state index in [1.807, 2.05) is 0 Å². The van der Waals surface area contributed by atoms with Gasteiger partial charge in [-0.25, -0.2) is 0 Å². The summed E-state index contributed by atoms with van der Waals surface area (Å²) in [5, 5.41) is 7.39. The van der Waals surface area contributed by atoms with Crippen molar-refractivity contribution in [3.8, 4) is 0 Å². The van der Waals surface area contributed by atoms with Gasteiger partial charge in [0.2, 0.25) is 0 Å². The molecule has 138 valence electrons. The SMILES string of the molecule is CCN=C(NC1CC2CCC1O2)NC1C2CCCOC2C1(C)C.I. The summed E-state index contributed by atoms with van der Waals surface area (Å²) in [5.41, 5.74) is 0.173. The van der Waals surface area contributed by atoms with Crippen molar-refractivity contribution in [2.45, 2.75) is 83.3 Å². The third-order valence-corrected chi connectivity index (χ3v) is 6.37. The van der Waals surface area contributed by atoms with Crippen molar-refractivity contribution in [1.82, 2.24) is 10.6 Å². The predicted molar refractivity (Wildman–Crippen MR) is 106 cm³/mol. The summed E-state index contributed by atoms with van der Waals surface area (Å²) in [7, 11) is 0. The molecule has 0 aromatic carbocycles. The maximum atomic E-state index is 6.02. The second-order valence-electron chi connectivity index (χ2n) is 8.22. The Hall–Kier alpha value is -0.0800. The van der Waals surface area contributed by atoms with Crippen LogP contribution in [-0.4, -0.2) is 49.5 Å². The van der Waals surface area contributed by atoms with E-state index in [2.05, 4.69) is 31.4 Å². The molecular formula is C18H32IN3O2. The standard InChI is InChI=1S/C18H31N3O2.HI/c1-4-19-17(20-13-10-11-7-8-14(13)23-11)21-15-12-6-5-9-22-16(12)18(15,2)3;/h11-16H,4-10H2,1-3H3,(H2,19,20,21);1H. The van der Waals surface area contributed by atoms with Gasteiger partial charge in [-0.3, -0.25) is 4.99 Å².